The van der Waals surface area contributed by atoms with Crippen LogP contribution >= 0.6 is 0 Å². The Morgan fingerprint density at radius 1 is 1.45 bits per heavy atom. The van der Waals surface area contributed by atoms with Crippen LogP contribution in [-0.2, 0) is 4.74 Å². The van der Waals surface area contributed by atoms with E-state index in [1.807, 2.05) is 0 Å². The standard InChI is InChI=1S/C9H17NO/c1-9(6-7(9)10)8-4-2-3-5-11-8/h7-8H,2-6,10H2,1H3. The van der Waals surface area contributed by atoms with Crippen LogP contribution in [0.3, 0.4) is 0 Å². The van der Waals surface area contributed by atoms with E-state index in [1.54, 1.807) is 0 Å². The van der Waals surface area contributed by atoms with Gasteiger partial charge in [0, 0.05) is 18.1 Å². The SMILES string of the molecule is CC1(C2CCCCO2)CC1N. The molecule has 2 heteroatoms. The van der Waals surface area contributed by atoms with E-state index in [0.717, 1.165) is 13.0 Å². The van der Waals surface area contributed by atoms with Crippen LogP contribution in [0, 0.1) is 5.41 Å². The Hall–Kier alpha value is -0.0800. The van der Waals surface area contributed by atoms with E-state index in [1.165, 1.54) is 19.3 Å². The summed E-state index contributed by atoms with van der Waals surface area (Å²) < 4.78 is 5.70. The molecule has 1 heterocycles. The number of rotatable bonds is 1. The van der Waals surface area contributed by atoms with E-state index in [-0.39, 0.29) is 0 Å². The van der Waals surface area contributed by atoms with Crippen LogP contribution in [0.15, 0.2) is 0 Å². The van der Waals surface area contributed by atoms with Crippen LogP contribution in [-0.4, -0.2) is 18.8 Å². The fraction of sp³-hybridized carbons (Fsp3) is 1.00. The first kappa shape index (κ1) is 7.56. The van der Waals surface area contributed by atoms with Crippen LogP contribution in [0.25, 0.3) is 0 Å². The largest absolute Gasteiger partial charge is 0.378 e. The molecule has 0 aromatic carbocycles. The molecule has 11 heavy (non-hydrogen) atoms. The van der Waals surface area contributed by atoms with Gasteiger partial charge in [0.05, 0.1) is 6.10 Å². The van der Waals surface area contributed by atoms with Gasteiger partial charge in [-0.25, -0.2) is 0 Å². The quantitative estimate of drug-likeness (QED) is 0.619. The molecule has 1 saturated heterocycles. The topological polar surface area (TPSA) is 35.2 Å². The number of nitrogens with two attached hydrogens (primary N) is 1. The maximum atomic E-state index is 5.85. The summed E-state index contributed by atoms with van der Waals surface area (Å²) in [5, 5.41) is 0. The Morgan fingerprint density at radius 2 is 2.18 bits per heavy atom. The molecule has 0 aromatic rings. The van der Waals surface area contributed by atoms with Crippen molar-refractivity contribution in [3.8, 4) is 0 Å². The monoisotopic (exact) mass is 155 g/mol. The van der Waals surface area contributed by atoms with E-state index in [9.17, 15) is 0 Å². The van der Waals surface area contributed by atoms with Gasteiger partial charge < -0.3 is 10.5 Å². The van der Waals surface area contributed by atoms with Gasteiger partial charge in [0.25, 0.3) is 0 Å². The molecule has 1 saturated carbocycles. The highest BCUT2D eigenvalue weighted by Gasteiger charge is 2.53. The summed E-state index contributed by atoms with van der Waals surface area (Å²) in [5.41, 5.74) is 6.19. The molecule has 1 aliphatic carbocycles. The van der Waals surface area contributed by atoms with E-state index in [4.69, 9.17) is 10.5 Å². The maximum Gasteiger partial charge on any atom is 0.0644 e. The molecule has 0 aromatic heterocycles. The lowest BCUT2D eigenvalue weighted by molar-refractivity contribution is -0.0266. The number of ether oxygens (including phenoxy) is 1. The summed E-state index contributed by atoms with van der Waals surface area (Å²) >= 11 is 0. The molecular weight excluding hydrogens is 138 g/mol. The first-order valence-electron chi connectivity index (χ1n) is 4.61. The average Bonchev–Trinajstić information content (AvgIpc) is 2.64. The van der Waals surface area contributed by atoms with E-state index < -0.39 is 0 Å². The van der Waals surface area contributed by atoms with Gasteiger partial charge in [0.15, 0.2) is 0 Å². The fourth-order valence-corrected chi connectivity index (χ4v) is 2.05. The minimum Gasteiger partial charge on any atom is -0.378 e. The molecule has 64 valence electrons. The van der Waals surface area contributed by atoms with Gasteiger partial charge in [0.1, 0.15) is 0 Å². The van der Waals surface area contributed by atoms with Crippen molar-refractivity contribution in [2.75, 3.05) is 6.61 Å². The smallest absolute Gasteiger partial charge is 0.0644 e. The molecular formula is C9H17NO. The van der Waals surface area contributed by atoms with Crippen molar-refractivity contribution in [3.05, 3.63) is 0 Å². The Bertz CT molecular complexity index is 154. The zero-order chi connectivity index (χ0) is 7.90. The minimum absolute atomic E-state index is 0.334. The second kappa shape index (κ2) is 2.46. The zero-order valence-corrected chi connectivity index (χ0v) is 7.18. The number of hydrogen-bond donors (Lipinski definition) is 1. The van der Waals surface area contributed by atoms with E-state index in [2.05, 4.69) is 6.92 Å². The van der Waals surface area contributed by atoms with Crippen molar-refractivity contribution < 1.29 is 4.74 Å². The lowest BCUT2D eigenvalue weighted by atomic mass is 9.94. The molecule has 1 aliphatic heterocycles. The first-order chi connectivity index (χ1) is 5.23. The molecule has 2 fully saturated rings. The first-order valence-corrected chi connectivity index (χ1v) is 4.61. The highest BCUT2D eigenvalue weighted by Crippen LogP contribution is 2.50. The van der Waals surface area contributed by atoms with Crippen molar-refractivity contribution in [2.45, 2.75) is 44.8 Å². The second-order valence-electron chi connectivity index (χ2n) is 4.17. The molecule has 3 unspecified atom stereocenters. The molecule has 2 aliphatic rings. The Morgan fingerprint density at radius 3 is 2.64 bits per heavy atom. The summed E-state index contributed by atoms with van der Waals surface area (Å²) in [6, 6.07) is 0.408. The Kier molecular flexibility index (Phi) is 1.69. The van der Waals surface area contributed by atoms with Gasteiger partial charge in [-0.1, -0.05) is 6.92 Å². The van der Waals surface area contributed by atoms with Crippen molar-refractivity contribution in [1.29, 1.82) is 0 Å². The molecule has 3 atom stereocenters. The van der Waals surface area contributed by atoms with Crippen LogP contribution in [0.4, 0.5) is 0 Å². The molecule has 2 N–H and O–H groups in total. The van der Waals surface area contributed by atoms with Gasteiger partial charge >= 0.3 is 0 Å². The van der Waals surface area contributed by atoms with Gasteiger partial charge in [-0.05, 0) is 25.7 Å². The Labute approximate surface area is 68.1 Å². The molecule has 2 rings (SSSR count). The third-order valence-electron chi connectivity index (χ3n) is 3.26. The van der Waals surface area contributed by atoms with Crippen molar-refractivity contribution in [3.63, 3.8) is 0 Å². The molecule has 0 spiro atoms. The van der Waals surface area contributed by atoms with Crippen molar-refractivity contribution >= 4 is 0 Å². The lowest BCUT2D eigenvalue weighted by Gasteiger charge is -2.28. The lowest BCUT2D eigenvalue weighted by Crippen LogP contribution is -2.31. The molecule has 0 amide bonds. The van der Waals surface area contributed by atoms with Gasteiger partial charge in [-0.2, -0.15) is 0 Å². The molecule has 0 bridgehead atoms. The summed E-state index contributed by atoms with van der Waals surface area (Å²) in [6.45, 7) is 3.21. The van der Waals surface area contributed by atoms with Crippen molar-refractivity contribution in [2.24, 2.45) is 11.1 Å². The summed E-state index contributed by atoms with van der Waals surface area (Å²) in [6.07, 6.45) is 5.42. The maximum absolute atomic E-state index is 5.85. The Balaban J connectivity index is 1.94. The third kappa shape index (κ3) is 1.18. The summed E-state index contributed by atoms with van der Waals surface area (Å²) in [4.78, 5) is 0. The average molecular weight is 155 g/mol. The molecule has 2 nitrogen and oxygen atoms in total. The zero-order valence-electron chi connectivity index (χ0n) is 7.18. The predicted octanol–water partition coefficient (Wildman–Crippen LogP) is 1.29. The van der Waals surface area contributed by atoms with Gasteiger partial charge in [0.2, 0.25) is 0 Å². The van der Waals surface area contributed by atoms with Crippen molar-refractivity contribution in [1.82, 2.24) is 0 Å². The minimum atomic E-state index is 0.334. The second-order valence-corrected chi connectivity index (χ2v) is 4.17. The fourth-order valence-electron chi connectivity index (χ4n) is 2.05. The van der Waals surface area contributed by atoms with E-state index >= 15 is 0 Å². The summed E-state index contributed by atoms with van der Waals surface area (Å²) in [5.74, 6) is 0. The third-order valence-corrected chi connectivity index (χ3v) is 3.26. The summed E-state index contributed by atoms with van der Waals surface area (Å²) in [7, 11) is 0. The predicted molar refractivity (Wildman–Crippen MR) is 44.3 cm³/mol. The number of hydrogen-bond acceptors (Lipinski definition) is 2. The van der Waals surface area contributed by atoms with Crippen LogP contribution in [0.1, 0.15) is 32.6 Å². The highest BCUT2D eigenvalue weighted by molar-refractivity contribution is 5.07. The van der Waals surface area contributed by atoms with Crippen LogP contribution in [0.2, 0.25) is 0 Å². The van der Waals surface area contributed by atoms with E-state index in [0.29, 0.717) is 17.6 Å². The highest BCUT2D eigenvalue weighted by atomic mass is 16.5. The van der Waals surface area contributed by atoms with Gasteiger partial charge in [-0.15, -0.1) is 0 Å². The van der Waals surface area contributed by atoms with Crippen LogP contribution in [0.5, 0.6) is 0 Å². The van der Waals surface area contributed by atoms with Crippen LogP contribution < -0.4 is 5.73 Å². The van der Waals surface area contributed by atoms with Gasteiger partial charge in [-0.3, -0.25) is 0 Å². The normalized spacial score (nSPS) is 50.7. The molecule has 0 radical (unpaired) electrons.